The van der Waals surface area contributed by atoms with E-state index < -0.39 is 11.3 Å². The minimum Gasteiger partial charge on any atom is -0.495 e. The third-order valence-electron chi connectivity index (χ3n) is 2.84. The van der Waals surface area contributed by atoms with Crippen LogP contribution in [0.1, 0.15) is 16.1 Å². The van der Waals surface area contributed by atoms with Crippen molar-refractivity contribution < 1.29 is 18.7 Å². The van der Waals surface area contributed by atoms with Crippen LogP contribution in [0, 0.1) is 6.92 Å². The van der Waals surface area contributed by atoms with Gasteiger partial charge in [-0.05, 0) is 24.6 Å². The van der Waals surface area contributed by atoms with E-state index in [0.29, 0.717) is 11.4 Å². The maximum Gasteiger partial charge on any atom is 0.291 e. The van der Waals surface area contributed by atoms with Crippen molar-refractivity contribution in [2.75, 3.05) is 19.5 Å². The Morgan fingerprint density at radius 3 is 2.48 bits per heavy atom. The summed E-state index contributed by atoms with van der Waals surface area (Å²) in [6.45, 7) is 1.89. The monoisotopic (exact) mass is 289 g/mol. The molecule has 0 fully saturated rings. The van der Waals surface area contributed by atoms with Gasteiger partial charge in [0.05, 0.1) is 19.9 Å². The Balaban J connectivity index is 2.28. The quantitative estimate of drug-likeness (QED) is 0.933. The molecule has 1 N–H and O–H groups in total. The summed E-state index contributed by atoms with van der Waals surface area (Å²) in [7, 11) is 2.86. The van der Waals surface area contributed by atoms with E-state index in [-0.39, 0.29) is 11.5 Å². The van der Waals surface area contributed by atoms with E-state index in [2.05, 4.69) is 5.32 Å². The number of ether oxygens (including phenoxy) is 2. The molecule has 21 heavy (non-hydrogen) atoms. The Bertz CT molecular complexity index is 720. The standard InChI is InChI=1S/C15H15NO5/c1-9-4-5-12(19-2)10(6-9)16-15(18)13-7-11(17)14(20-3)8-21-13/h4-8H,1-3H3,(H,16,18). The molecule has 1 aromatic heterocycles. The average molecular weight is 289 g/mol. The van der Waals surface area contributed by atoms with E-state index in [0.717, 1.165) is 17.9 Å². The lowest BCUT2D eigenvalue weighted by Gasteiger charge is -2.10. The smallest absolute Gasteiger partial charge is 0.291 e. The Labute approximate surface area is 121 Å². The maximum atomic E-state index is 12.1. The van der Waals surface area contributed by atoms with Gasteiger partial charge in [-0.15, -0.1) is 0 Å². The molecule has 0 bridgehead atoms. The van der Waals surface area contributed by atoms with Crippen LogP contribution in [-0.4, -0.2) is 20.1 Å². The topological polar surface area (TPSA) is 77.8 Å². The van der Waals surface area contributed by atoms with E-state index >= 15 is 0 Å². The number of hydrogen-bond donors (Lipinski definition) is 1. The van der Waals surface area contributed by atoms with Gasteiger partial charge >= 0.3 is 0 Å². The maximum absolute atomic E-state index is 12.1. The highest BCUT2D eigenvalue weighted by Gasteiger charge is 2.14. The molecule has 6 heteroatoms. The number of rotatable bonds is 4. The SMILES string of the molecule is COc1ccc(C)cc1NC(=O)c1cc(=O)c(OC)co1. The molecule has 0 saturated heterocycles. The molecule has 0 saturated carbocycles. The first kappa shape index (κ1) is 14.6. The zero-order valence-electron chi connectivity index (χ0n) is 11.9. The van der Waals surface area contributed by atoms with Gasteiger partial charge in [0.25, 0.3) is 5.91 Å². The Kier molecular flexibility index (Phi) is 4.27. The molecule has 0 radical (unpaired) electrons. The Hall–Kier alpha value is -2.76. The Morgan fingerprint density at radius 1 is 1.14 bits per heavy atom. The second kappa shape index (κ2) is 6.13. The molecule has 0 aliphatic rings. The summed E-state index contributed by atoms with van der Waals surface area (Å²) in [6, 6.07) is 6.45. The molecule has 0 aliphatic carbocycles. The number of carbonyl (C=O) groups is 1. The van der Waals surface area contributed by atoms with Crippen LogP contribution < -0.4 is 20.2 Å². The summed E-state index contributed by atoms with van der Waals surface area (Å²) in [6.07, 6.45) is 1.10. The highest BCUT2D eigenvalue weighted by atomic mass is 16.5. The normalized spacial score (nSPS) is 10.0. The first-order valence-corrected chi connectivity index (χ1v) is 6.18. The van der Waals surface area contributed by atoms with E-state index in [1.54, 1.807) is 12.1 Å². The highest BCUT2D eigenvalue weighted by Crippen LogP contribution is 2.25. The third-order valence-corrected chi connectivity index (χ3v) is 2.84. The van der Waals surface area contributed by atoms with Crippen molar-refractivity contribution in [2.24, 2.45) is 0 Å². The fourth-order valence-electron chi connectivity index (χ4n) is 1.77. The van der Waals surface area contributed by atoms with Gasteiger partial charge in [0.1, 0.15) is 12.0 Å². The van der Waals surface area contributed by atoms with Crippen LogP contribution in [0.5, 0.6) is 11.5 Å². The molecule has 6 nitrogen and oxygen atoms in total. The molecule has 2 rings (SSSR count). The van der Waals surface area contributed by atoms with Gasteiger partial charge in [-0.1, -0.05) is 6.07 Å². The molecular weight excluding hydrogens is 274 g/mol. The van der Waals surface area contributed by atoms with Gasteiger partial charge in [-0.25, -0.2) is 0 Å². The molecule has 0 unspecified atom stereocenters. The molecule has 0 spiro atoms. The van der Waals surface area contributed by atoms with Crippen molar-refractivity contribution in [1.82, 2.24) is 0 Å². The minimum atomic E-state index is -0.543. The van der Waals surface area contributed by atoms with Gasteiger partial charge in [0.15, 0.2) is 5.76 Å². The number of aryl methyl sites for hydroxylation is 1. The summed E-state index contributed by atoms with van der Waals surface area (Å²) in [5.41, 5.74) is 1.04. The predicted octanol–water partition coefficient (Wildman–Crippen LogP) is 2.22. The number of methoxy groups -OCH3 is 2. The average Bonchev–Trinajstić information content (AvgIpc) is 2.47. The number of carbonyl (C=O) groups excluding carboxylic acids is 1. The molecule has 1 aromatic carbocycles. The number of anilines is 1. The number of benzene rings is 1. The van der Waals surface area contributed by atoms with Crippen molar-refractivity contribution in [3.05, 3.63) is 52.1 Å². The minimum absolute atomic E-state index is 0.0414. The van der Waals surface area contributed by atoms with Gasteiger partial charge in [-0.3, -0.25) is 9.59 Å². The lowest BCUT2D eigenvalue weighted by Crippen LogP contribution is -2.15. The van der Waals surface area contributed by atoms with Crippen molar-refractivity contribution in [2.45, 2.75) is 6.92 Å². The van der Waals surface area contributed by atoms with Crippen LogP contribution in [-0.2, 0) is 0 Å². The van der Waals surface area contributed by atoms with E-state index in [1.807, 2.05) is 13.0 Å². The summed E-state index contributed by atoms with van der Waals surface area (Å²) >= 11 is 0. The number of nitrogens with one attached hydrogen (secondary N) is 1. The lowest BCUT2D eigenvalue weighted by atomic mass is 10.2. The summed E-state index contributed by atoms with van der Waals surface area (Å²) < 4.78 is 15.1. The van der Waals surface area contributed by atoms with Crippen LogP contribution in [0.3, 0.4) is 0 Å². The van der Waals surface area contributed by atoms with Crippen LogP contribution >= 0.6 is 0 Å². The van der Waals surface area contributed by atoms with Crippen LogP contribution in [0.25, 0.3) is 0 Å². The number of hydrogen-bond acceptors (Lipinski definition) is 5. The molecule has 1 heterocycles. The van der Waals surface area contributed by atoms with Crippen molar-refractivity contribution in [3.63, 3.8) is 0 Å². The molecule has 0 atom stereocenters. The fourth-order valence-corrected chi connectivity index (χ4v) is 1.77. The second-order valence-corrected chi connectivity index (χ2v) is 4.33. The van der Waals surface area contributed by atoms with Gasteiger partial charge in [0, 0.05) is 6.07 Å². The van der Waals surface area contributed by atoms with Crippen molar-refractivity contribution >= 4 is 11.6 Å². The molecule has 0 aliphatic heterocycles. The zero-order chi connectivity index (χ0) is 15.4. The van der Waals surface area contributed by atoms with Gasteiger partial charge in [-0.2, -0.15) is 0 Å². The second-order valence-electron chi connectivity index (χ2n) is 4.33. The van der Waals surface area contributed by atoms with Gasteiger partial charge < -0.3 is 19.2 Å². The summed E-state index contributed by atoms with van der Waals surface area (Å²) in [5.74, 6) is -0.0903. The summed E-state index contributed by atoms with van der Waals surface area (Å²) in [5, 5.41) is 2.65. The first-order valence-electron chi connectivity index (χ1n) is 6.18. The predicted molar refractivity (Wildman–Crippen MR) is 77.2 cm³/mol. The van der Waals surface area contributed by atoms with E-state index in [1.165, 1.54) is 14.2 Å². The fraction of sp³-hybridized carbons (Fsp3) is 0.200. The van der Waals surface area contributed by atoms with E-state index in [4.69, 9.17) is 13.9 Å². The zero-order valence-corrected chi connectivity index (χ0v) is 11.9. The van der Waals surface area contributed by atoms with Crippen LogP contribution in [0.15, 0.2) is 39.7 Å². The first-order chi connectivity index (χ1) is 10.0. The summed E-state index contributed by atoms with van der Waals surface area (Å²) in [4.78, 5) is 23.7. The molecule has 110 valence electrons. The van der Waals surface area contributed by atoms with Crippen LogP contribution in [0.2, 0.25) is 0 Å². The van der Waals surface area contributed by atoms with Crippen molar-refractivity contribution in [3.8, 4) is 11.5 Å². The van der Waals surface area contributed by atoms with Crippen molar-refractivity contribution in [1.29, 1.82) is 0 Å². The third kappa shape index (κ3) is 3.22. The number of amides is 1. The molecular formula is C15H15NO5. The van der Waals surface area contributed by atoms with Gasteiger partial charge in [0.2, 0.25) is 11.2 Å². The molecule has 1 amide bonds. The van der Waals surface area contributed by atoms with Crippen LogP contribution in [0.4, 0.5) is 5.69 Å². The largest absolute Gasteiger partial charge is 0.495 e. The molecule has 2 aromatic rings. The van der Waals surface area contributed by atoms with E-state index in [9.17, 15) is 9.59 Å². The lowest BCUT2D eigenvalue weighted by molar-refractivity contribution is 0.0993. The highest BCUT2D eigenvalue weighted by molar-refractivity contribution is 6.03. The Morgan fingerprint density at radius 2 is 1.86 bits per heavy atom.